The second-order valence-electron chi connectivity index (χ2n) is 4.28. The van der Waals surface area contributed by atoms with Gasteiger partial charge in [0.15, 0.2) is 0 Å². The Kier molecular flexibility index (Phi) is 5.17. The van der Waals surface area contributed by atoms with Crippen LogP contribution in [0.3, 0.4) is 0 Å². The van der Waals surface area contributed by atoms with Gasteiger partial charge in [0.2, 0.25) is 0 Å². The van der Waals surface area contributed by atoms with Crippen molar-refractivity contribution in [1.29, 1.82) is 0 Å². The molecule has 1 aliphatic heterocycles. The molecule has 1 fully saturated rings. The lowest BCUT2D eigenvalue weighted by atomic mass is 10.1. The average molecular weight is 256 g/mol. The maximum absolute atomic E-state index is 5.56. The van der Waals surface area contributed by atoms with Crippen LogP contribution in [0.1, 0.15) is 37.2 Å². The zero-order valence-corrected chi connectivity index (χ0v) is 11.5. The first-order valence-electron chi connectivity index (χ1n) is 6.13. The molecule has 0 aromatic carbocycles. The van der Waals surface area contributed by atoms with Gasteiger partial charge in [-0.05, 0) is 31.9 Å². The van der Waals surface area contributed by atoms with Crippen LogP contribution in [0, 0.1) is 6.92 Å². The first kappa shape index (κ1) is 12.4. The molecule has 0 amide bonds. The average Bonchev–Trinajstić information content (AvgIpc) is 2.89. The van der Waals surface area contributed by atoms with Crippen molar-refractivity contribution < 1.29 is 4.42 Å². The normalized spacial score (nSPS) is 17.1. The molecule has 0 aliphatic carbocycles. The second kappa shape index (κ2) is 6.65. The fourth-order valence-corrected chi connectivity index (χ4v) is 4.90. The molecule has 0 bridgehead atoms. The van der Waals surface area contributed by atoms with E-state index in [-0.39, 0.29) is 0 Å². The standard InChI is InChI=1S/C13H20OS2/c1-11-7-8-12(14-11)5-3-2-4-6-13-15-9-10-16-13/h7-8,13H,2-6,9-10H2,1H3. The summed E-state index contributed by atoms with van der Waals surface area (Å²) in [6, 6.07) is 4.17. The summed E-state index contributed by atoms with van der Waals surface area (Å²) in [6.07, 6.45) is 6.50. The zero-order valence-electron chi connectivity index (χ0n) is 9.91. The van der Waals surface area contributed by atoms with Crippen LogP contribution in [0.15, 0.2) is 16.5 Å². The molecule has 0 unspecified atom stereocenters. The first-order valence-corrected chi connectivity index (χ1v) is 8.23. The van der Waals surface area contributed by atoms with E-state index in [0.29, 0.717) is 0 Å². The second-order valence-corrected chi connectivity index (χ2v) is 7.20. The third kappa shape index (κ3) is 4.10. The van der Waals surface area contributed by atoms with E-state index in [1.165, 1.54) is 37.2 Å². The largest absolute Gasteiger partial charge is 0.466 e. The van der Waals surface area contributed by atoms with Crippen LogP contribution in [0.5, 0.6) is 0 Å². The zero-order chi connectivity index (χ0) is 11.2. The molecule has 1 aliphatic rings. The molecular formula is C13H20OS2. The summed E-state index contributed by atoms with van der Waals surface area (Å²) in [7, 11) is 0. The van der Waals surface area contributed by atoms with Crippen LogP contribution in [0.2, 0.25) is 0 Å². The molecule has 0 radical (unpaired) electrons. The van der Waals surface area contributed by atoms with Crippen molar-refractivity contribution in [3.05, 3.63) is 23.7 Å². The van der Waals surface area contributed by atoms with E-state index in [4.69, 9.17) is 4.42 Å². The summed E-state index contributed by atoms with van der Waals surface area (Å²) in [5.41, 5.74) is 0. The molecule has 2 heterocycles. The lowest BCUT2D eigenvalue weighted by Gasteiger charge is -2.06. The maximum Gasteiger partial charge on any atom is 0.104 e. The lowest BCUT2D eigenvalue weighted by molar-refractivity contribution is 0.472. The summed E-state index contributed by atoms with van der Waals surface area (Å²) in [5, 5.41) is 0. The Balaban J connectivity index is 1.51. The van der Waals surface area contributed by atoms with Gasteiger partial charge in [-0.25, -0.2) is 0 Å². The molecule has 16 heavy (non-hydrogen) atoms. The van der Waals surface area contributed by atoms with Crippen molar-refractivity contribution in [3.63, 3.8) is 0 Å². The number of hydrogen-bond donors (Lipinski definition) is 0. The van der Waals surface area contributed by atoms with Crippen molar-refractivity contribution in [2.45, 2.75) is 43.6 Å². The topological polar surface area (TPSA) is 13.1 Å². The molecule has 0 atom stereocenters. The summed E-state index contributed by atoms with van der Waals surface area (Å²) in [5.74, 6) is 4.91. The monoisotopic (exact) mass is 256 g/mol. The molecule has 1 aromatic heterocycles. The maximum atomic E-state index is 5.56. The Morgan fingerprint density at radius 3 is 2.69 bits per heavy atom. The molecule has 0 spiro atoms. The van der Waals surface area contributed by atoms with E-state index in [1.54, 1.807) is 0 Å². The van der Waals surface area contributed by atoms with Gasteiger partial charge >= 0.3 is 0 Å². The summed E-state index contributed by atoms with van der Waals surface area (Å²) in [4.78, 5) is 0. The van der Waals surface area contributed by atoms with Gasteiger partial charge in [0.25, 0.3) is 0 Å². The Morgan fingerprint density at radius 2 is 2.00 bits per heavy atom. The van der Waals surface area contributed by atoms with E-state index in [9.17, 15) is 0 Å². The van der Waals surface area contributed by atoms with E-state index < -0.39 is 0 Å². The van der Waals surface area contributed by atoms with E-state index in [1.807, 2.05) is 6.92 Å². The molecule has 0 N–H and O–H groups in total. The lowest BCUT2D eigenvalue weighted by Crippen LogP contribution is -1.92. The van der Waals surface area contributed by atoms with Gasteiger partial charge in [0.05, 0.1) is 4.58 Å². The molecule has 1 saturated heterocycles. The molecule has 1 nitrogen and oxygen atoms in total. The highest BCUT2D eigenvalue weighted by molar-refractivity contribution is 8.20. The molecule has 3 heteroatoms. The van der Waals surface area contributed by atoms with Crippen molar-refractivity contribution in [1.82, 2.24) is 0 Å². The number of thioether (sulfide) groups is 2. The predicted molar refractivity (Wildman–Crippen MR) is 74.3 cm³/mol. The van der Waals surface area contributed by atoms with Crippen LogP contribution < -0.4 is 0 Å². The highest BCUT2D eigenvalue weighted by atomic mass is 32.2. The van der Waals surface area contributed by atoms with Crippen LogP contribution in [-0.2, 0) is 6.42 Å². The summed E-state index contributed by atoms with van der Waals surface area (Å²) < 4.78 is 6.45. The van der Waals surface area contributed by atoms with Gasteiger partial charge in [0, 0.05) is 17.9 Å². The molecular weight excluding hydrogens is 236 g/mol. The number of hydrogen-bond acceptors (Lipinski definition) is 3. The number of furan rings is 1. The van der Waals surface area contributed by atoms with Crippen LogP contribution >= 0.6 is 23.5 Å². The van der Waals surface area contributed by atoms with E-state index in [0.717, 1.165) is 22.5 Å². The number of unbranched alkanes of at least 4 members (excludes halogenated alkanes) is 2. The Bertz CT molecular complexity index is 303. The Morgan fingerprint density at radius 1 is 1.19 bits per heavy atom. The fraction of sp³-hybridized carbons (Fsp3) is 0.692. The fourth-order valence-electron chi connectivity index (χ4n) is 1.98. The van der Waals surface area contributed by atoms with Gasteiger partial charge in [0.1, 0.15) is 11.5 Å². The van der Waals surface area contributed by atoms with Crippen LogP contribution in [0.4, 0.5) is 0 Å². The van der Waals surface area contributed by atoms with Crippen molar-refractivity contribution in [3.8, 4) is 0 Å². The quantitative estimate of drug-likeness (QED) is 0.696. The van der Waals surface area contributed by atoms with Gasteiger partial charge in [-0.2, -0.15) is 0 Å². The van der Waals surface area contributed by atoms with Gasteiger partial charge in [-0.3, -0.25) is 0 Å². The number of rotatable bonds is 6. The molecule has 0 saturated carbocycles. The van der Waals surface area contributed by atoms with Gasteiger partial charge in [-0.15, -0.1) is 23.5 Å². The van der Waals surface area contributed by atoms with Crippen molar-refractivity contribution in [2.24, 2.45) is 0 Å². The molecule has 1 aromatic rings. The van der Waals surface area contributed by atoms with Gasteiger partial charge < -0.3 is 4.42 Å². The summed E-state index contributed by atoms with van der Waals surface area (Å²) >= 11 is 4.29. The van der Waals surface area contributed by atoms with Crippen molar-refractivity contribution in [2.75, 3.05) is 11.5 Å². The van der Waals surface area contributed by atoms with Crippen LogP contribution in [0.25, 0.3) is 0 Å². The third-order valence-corrected chi connectivity index (χ3v) is 6.02. The van der Waals surface area contributed by atoms with Gasteiger partial charge in [-0.1, -0.05) is 12.8 Å². The van der Waals surface area contributed by atoms with E-state index in [2.05, 4.69) is 35.7 Å². The minimum absolute atomic E-state index is 0.894. The number of aryl methyl sites for hydroxylation is 2. The Hall–Kier alpha value is -0.0200. The van der Waals surface area contributed by atoms with E-state index >= 15 is 0 Å². The SMILES string of the molecule is Cc1ccc(CCCCCC2SCCS2)o1. The summed E-state index contributed by atoms with van der Waals surface area (Å²) in [6.45, 7) is 2.01. The smallest absolute Gasteiger partial charge is 0.104 e. The first-order chi connectivity index (χ1) is 7.84. The minimum atomic E-state index is 0.894. The third-order valence-electron chi connectivity index (χ3n) is 2.85. The van der Waals surface area contributed by atoms with Crippen LogP contribution in [-0.4, -0.2) is 16.1 Å². The molecule has 90 valence electrons. The Labute approximate surface area is 107 Å². The van der Waals surface area contributed by atoms with Crippen molar-refractivity contribution >= 4 is 23.5 Å². The minimum Gasteiger partial charge on any atom is -0.466 e. The highest BCUT2D eigenvalue weighted by Gasteiger charge is 2.14. The molecule has 2 rings (SSSR count). The predicted octanol–water partition coefficient (Wildman–Crippen LogP) is 4.50. The highest BCUT2D eigenvalue weighted by Crippen LogP contribution is 2.35.